The zero-order chi connectivity index (χ0) is 13.9. The number of halogens is 3. The summed E-state index contributed by atoms with van der Waals surface area (Å²) >= 11 is 0. The Morgan fingerprint density at radius 2 is 2.00 bits per heavy atom. The molecule has 2 aliphatic heterocycles. The minimum atomic E-state index is -2.28. The van der Waals surface area contributed by atoms with E-state index in [1.807, 2.05) is 12.1 Å². The van der Waals surface area contributed by atoms with Gasteiger partial charge in [-0.15, -0.1) is 12.4 Å². The molecule has 0 saturated carbocycles. The number of hydrogen-bond acceptors (Lipinski definition) is 3. The molecule has 0 amide bonds. The Morgan fingerprint density at radius 3 is 2.71 bits per heavy atom. The molecule has 0 unspecified atom stereocenters. The molecule has 0 bridgehead atoms. The molecular formula is C15H21ClF2N2O. The Bertz CT molecular complexity index is 467. The summed E-state index contributed by atoms with van der Waals surface area (Å²) in [5, 5.41) is 3.27. The molecule has 3 nitrogen and oxygen atoms in total. The Balaban J connectivity index is 0.00000161. The summed E-state index contributed by atoms with van der Waals surface area (Å²) in [6, 6.07) is 5.73. The molecule has 3 rings (SSSR count). The smallest absolute Gasteiger partial charge is 0.240 e. The van der Waals surface area contributed by atoms with Gasteiger partial charge < -0.3 is 10.1 Å². The number of ether oxygens (including phenoxy) is 1. The highest BCUT2D eigenvalue weighted by molar-refractivity contribution is 5.85. The van der Waals surface area contributed by atoms with Crippen LogP contribution in [0, 0.1) is 0 Å². The lowest BCUT2D eigenvalue weighted by Crippen LogP contribution is -2.45. The number of fused-ring (bicyclic) bond motifs is 1. The summed E-state index contributed by atoms with van der Waals surface area (Å²) in [6.07, 6.45) is -1.49. The molecule has 1 N–H and O–H groups in total. The third-order valence-corrected chi connectivity index (χ3v) is 4.09. The highest BCUT2D eigenvalue weighted by Crippen LogP contribution is 2.33. The van der Waals surface area contributed by atoms with Crippen molar-refractivity contribution in [2.75, 3.05) is 32.8 Å². The first-order valence-corrected chi connectivity index (χ1v) is 7.22. The predicted molar refractivity (Wildman–Crippen MR) is 80.7 cm³/mol. The minimum absolute atomic E-state index is 0. The molecule has 0 aliphatic carbocycles. The van der Waals surface area contributed by atoms with Gasteiger partial charge in [-0.2, -0.15) is 0 Å². The fraction of sp³-hybridized carbons (Fsp3) is 0.600. The van der Waals surface area contributed by atoms with Gasteiger partial charge in [-0.25, -0.2) is 8.78 Å². The lowest BCUT2D eigenvalue weighted by atomic mass is 9.98. The molecule has 1 aromatic carbocycles. The second-order valence-electron chi connectivity index (χ2n) is 5.39. The maximum Gasteiger partial charge on any atom is 0.240 e. The SMILES string of the molecule is Cl.FC(F)C[C@H](c1ccc2c(c1)CCO2)N1CCNCC1. The Morgan fingerprint density at radius 1 is 1.24 bits per heavy atom. The van der Waals surface area contributed by atoms with Gasteiger partial charge in [-0.3, -0.25) is 4.90 Å². The van der Waals surface area contributed by atoms with E-state index in [9.17, 15) is 8.78 Å². The lowest BCUT2D eigenvalue weighted by molar-refractivity contribution is 0.0739. The average Bonchev–Trinajstić information content (AvgIpc) is 2.93. The van der Waals surface area contributed by atoms with Crippen LogP contribution in [0.5, 0.6) is 5.75 Å². The van der Waals surface area contributed by atoms with Gasteiger partial charge in [0, 0.05) is 45.1 Å². The summed E-state index contributed by atoms with van der Waals surface area (Å²) in [7, 11) is 0. The zero-order valence-electron chi connectivity index (χ0n) is 11.9. The van der Waals surface area contributed by atoms with Gasteiger partial charge in [0.15, 0.2) is 0 Å². The topological polar surface area (TPSA) is 24.5 Å². The van der Waals surface area contributed by atoms with Crippen molar-refractivity contribution in [1.82, 2.24) is 10.2 Å². The number of benzene rings is 1. The van der Waals surface area contributed by atoms with Gasteiger partial charge in [-0.1, -0.05) is 12.1 Å². The van der Waals surface area contributed by atoms with Gasteiger partial charge in [-0.05, 0) is 17.2 Å². The van der Waals surface area contributed by atoms with E-state index in [2.05, 4.69) is 16.3 Å². The molecule has 0 aromatic heterocycles. The molecule has 2 heterocycles. The number of nitrogens with one attached hydrogen (secondary N) is 1. The number of alkyl halides is 2. The van der Waals surface area contributed by atoms with E-state index in [0.29, 0.717) is 6.61 Å². The lowest BCUT2D eigenvalue weighted by Gasteiger charge is -2.35. The van der Waals surface area contributed by atoms with Crippen LogP contribution in [0.25, 0.3) is 0 Å². The third kappa shape index (κ3) is 3.84. The predicted octanol–water partition coefficient (Wildman–Crippen LogP) is 2.64. The molecule has 1 aromatic rings. The van der Waals surface area contributed by atoms with Crippen molar-refractivity contribution < 1.29 is 13.5 Å². The van der Waals surface area contributed by atoms with Crippen molar-refractivity contribution in [3.8, 4) is 5.75 Å². The molecule has 1 atom stereocenters. The maximum absolute atomic E-state index is 12.9. The highest BCUT2D eigenvalue weighted by atomic mass is 35.5. The molecule has 0 radical (unpaired) electrons. The molecule has 6 heteroatoms. The van der Waals surface area contributed by atoms with Gasteiger partial charge >= 0.3 is 0 Å². The first-order valence-electron chi connectivity index (χ1n) is 7.22. The second kappa shape index (κ2) is 7.38. The zero-order valence-corrected chi connectivity index (χ0v) is 12.7. The molecule has 1 saturated heterocycles. The van der Waals surface area contributed by atoms with Crippen LogP contribution in [0.3, 0.4) is 0 Å². The van der Waals surface area contributed by atoms with E-state index < -0.39 is 6.43 Å². The molecule has 118 valence electrons. The third-order valence-electron chi connectivity index (χ3n) is 4.09. The number of rotatable bonds is 4. The van der Waals surface area contributed by atoms with E-state index >= 15 is 0 Å². The van der Waals surface area contributed by atoms with E-state index in [1.165, 1.54) is 0 Å². The largest absolute Gasteiger partial charge is 0.493 e. The van der Waals surface area contributed by atoms with Crippen molar-refractivity contribution in [2.45, 2.75) is 25.3 Å². The first-order chi connectivity index (χ1) is 9.74. The van der Waals surface area contributed by atoms with Crippen LogP contribution in [-0.2, 0) is 6.42 Å². The highest BCUT2D eigenvalue weighted by Gasteiger charge is 2.26. The van der Waals surface area contributed by atoms with E-state index in [-0.39, 0.29) is 24.9 Å². The van der Waals surface area contributed by atoms with Gasteiger partial charge in [0.25, 0.3) is 0 Å². The monoisotopic (exact) mass is 318 g/mol. The summed E-state index contributed by atoms with van der Waals surface area (Å²) in [5.41, 5.74) is 2.15. The van der Waals surface area contributed by atoms with Crippen LogP contribution in [0.15, 0.2) is 18.2 Å². The van der Waals surface area contributed by atoms with Crippen LogP contribution in [0.4, 0.5) is 8.78 Å². The number of nitrogens with zero attached hydrogens (tertiary/aromatic N) is 1. The van der Waals surface area contributed by atoms with E-state index in [1.54, 1.807) is 0 Å². The Kier molecular flexibility index (Phi) is 5.79. The quantitative estimate of drug-likeness (QED) is 0.923. The summed E-state index contributed by atoms with van der Waals surface area (Å²) in [6.45, 7) is 4.09. The Hall–Kier alpha value is -0.910. The standard InChI is InChI=1S/C15H20F2N2O.ClH/c16-15(17)10-13(19-6-4-18-5-7-19)11-1-2-14-12(9-11)3-8-20-14;/h1-2,9,13,15,18H,3-8,10H2;1H/t13-;/m1./s1. The molecule has 2 aliphatic rings. The van der Waals surface area contributed by atoms with Crippen LogP contribution in [-0.4, -0.2) is 44.1 Å². The number of piperazine rings is 1. The summed E-state index contributed by atoms with van der Waals surface area (Å²) in [4.78, 5) is 2.17. The molecular weight excluding hydrogens is 298 g/mol. The second-order valence-corrected chi connectivity index (χ2v) is 5.39. The van der Waals surface area contributed by atoms with Crippen LogP contribution < -0.4 is 10.1 Å². The van der Waals surface area contributed by atoms with Crippen molar-refractivity contribution >= 4 is 12.4 Å². The normalized spacial score (nSPS) is 19.8. The number of hydrogen-bond donors (Lipinski definition) is 1. The Labute approximate surface area is 130 Å². The van der Waals surface area contributed by atoms with Crippen LogP contribution in [0.2, 0.25) is 0 Å². The minimum Gasteiger partial charge on any atom is -0.493 e. The van der Waals surface area contributed by atoms with Gasteiger partial charge in [0.1, 0.15) is 5.75 Å². The van der Waals surface area contributed by atoms with Crippen molar-refractivity contribution in [1.29, 1.82) is 0 Å². The average molecular weight is 319 g/mol. The first kappa shape index (κ1) is 16.5. The summed E-state index contributed by atoms with van der Waals surface area (Å²) in [5.74, 6) is 0.907. The van der Waals surface area contributed by atoms with Crippen LogP contribution >= 0.6 is 12.4 Å². The molecule has 0 spiro atoms. The van der Waals surface area contributed by atoms with Crippen molar-refractivity contribution in [3.63, 3.8) is 0 Å². The van der Waals surface area contributed by atoms with Crippen molar-refractivity contribution in [2.24, 2.45) is 0 Å². The van der Waals surface area contributed by atoms with Crippen LogP contribution in [0.1, 0.15) is 23.6 Å². The van der Waals surface area contributed by atoms with Crippen molar-refractivity contribution in [3.05, 3.63) is 29.3 Å². The molecule has 21 heavy (non-hydrogen) atoms. The van der Waals surface area contributed by atoms with E-state index in [0.717, 1.165) is 49.5 Å². The van der Waals surface area contributed by atoms with E-state index in [4.69, 9.17) is 4.74 Å². The fourth-order valence-electron chi connectivity index (χ4n) is 3.07. The fourth-order valence-corrected chi connectivity index (χ4v) is 3.07. The van der Waals surface area contributed by atoms with Gasteiger partial charge in [0.2, 0.25) is 6.43 Å². The summed E-state index contributed by atoms with van der Waals surface area (Å²) < 4.78 is 31.4. The maximum atomic E-state index is 12.9. The van der Waals surface area contributed by atoms with Gasteiger partial charge in [0.05, 0.1) is 6.61 Å². The molecule has 1 fully saturated rings.